The van der Waals surface area contributed by atoms with E-state index in [2.05, 4.69) is 25.5 Å². The van der Waals surface area contributed by atoms with E-state index in [1.165, 1.54) is 0 Å². The number of piperazine rings is 1. The molecular weight excluding hydrogens is 338 g/mol. The molecule has 1 N–H and O–H groups in total. The number of aromatic amines is 1. The molecule has 24 heavy (non-hydrogen) atoms. The molecule has 0 saturated carbocycles. The highest BCUT2D eigenvalue weighted by atomic mass is 35.5. The Hall–Kier alpha value is -1.64. The molecule has 4 rings (SSSR count). The van der Waals surface area contributed by atoms with Gasteiger partial charge in [0.2, 0.25) is 5.82 Å². The SMILES string of the molecule is FC1(F)C[C@H]2CN(Cc3cc(Cl)cc(-c4nn[nH]n4)c3)CCN2C1. The topological polar surface area (TPSA) is 60.9 Å². The van der Waals surface area contributed by atoms with Crippen LogP contribution in [0.2, 0.25) is 5.02 Å². The monoisotopic (exact) mass is 354 g/mol. The Morgan fingerprint density at radius 2 is 2.17 bits per heavy atom. The number of nitrogens with zero attached hydrogens (tertiary/aromatic N) is 5. The Morgan fingerprint density at radius 1 is 1.29 bits per heavy atom. The molecule has 2 saturated heterocycles. The highest BCUT2D eigenvalue weighted by Crippen LogP contribution is 2.34. The lowest BCUT2D eigenvalue weighted by Gasteiger charge is -2.37. The number of hydrogen-bond donors (Lipinski definition) is 1. The maximum atomic E-state index is 13.6. The van der Waals surface area contributed by atoms with E-state index in [0.29, 0.717) is 30.5 Å². The van der Waals surface area contributed by atoms with Gasteiger partial charge in [0.1, 0.15) is 0 Å². The van der Waals surface area contributed by atoms with Crippen LogP contribution in [0.25, 0.3) is 11.4 Å². The predicted octanol–water partition coefficient (Wildman–Crippen LogP) is 2.05. The molecule has 128 valence electrons. The molecule has 0 bridgehead atoms. The van der Waals surface area contributed by atoms with Crippen LogP contribution in [0.5, 0.6) is 0 Å². The standard InChI is InChI=1S/C15H17ClF2N6/c16-12-4-10(3-11(5-12)14-19-21-22-20-14)7-23-1-2-24-9-15(17,18)6-13(24)8-23/h3-5,13H,1-2,6-9H2,(H,19,20,21,22)/t13-/m0/s1. The third kappa shape index (κ3) is 3.26. The van der Waals surface area contributed by atoms with Crippen LogP contribution in [0.1, 0.15) is 12.0 Å². The van der Waals surface area contributed by atoms with E-state index in [9.17, 15) is 8.78 Å². The van der Waals surface area contributed by atoms with Crippen molar-refractivity contribution in [3.05, 3.63) is 28.8 Å². The molecule has 0 aliphatic carbocycles. The molecule has 2 aliphatic heterocycles. The van der Waals surface area contributed by atoms with Crippen LogP contribution in [0.15, 0.2) is 18.2 Å². The van der Waals surface area contributed by atoms with Gasteiger partial charge in [0.15, 0.2) is 0 Å². The summed E-state index contributed by atoms with van der Waals surface area (Å²) in [6.07, 6.45) is -0.0485. The van der Waals surface area contributed by atoms with E-state index in [4.69, 9.17) is 11.6 Å². The number of tetrazole rings is 1. The molecule has 1 atom stereocenters. The van der Waals surface area contributed by atoms with Crippen molar-refractivity contribution < 1.29 is 8.78 Å². The van der Waals surface area contributed by atoms with Gasteiger partial charge in [-0.15, -0.1) is 10.2 Å². The first-order valence-corrected chi connectivity index (χ1v) is 8.24. The molecule has 6 nitrogen and oxygen atoms in total. The van der Waals surface area contributed by atoms with Gasteiger partial charge in [-0.3, -0.25) is 9.80 Å². The molecule has 2 aromatic rings. The van der Waals surface area contributed by atoms with Gasteiger partial charge in [0.05, 0.1) is 6.54 Å². The van der Waals surface area contributed by atoms with Gasteiger partial charge < -0.3 is 0 Å². The number of nitrogens with one attached hydrogen (secondary N) is 1. The summed E-state index contributed by atoms with van der Waals surface area (Å²) >= 11 is 6.20. The van der Waals surface area contributed by atoms with Gasteiger partial charge in [0, 0.05) is 49.2 Å². The molecule has 0 amide bonds. The second kappa shape index (κ2) is 6.02. The van der Waals surface area contributed by atoms with Gasteiger partial charge in [-0.05, 0) is 29.0 Å². The van der Waals surface area contributed by atoms with Gasteiger partial charge in [-0.1, -0.05) is 11.6 Å². The van der Waals surface area contributed by atoms with E-state index in [0.717, 1.165) is 17.7 Å². The van der Waals surface area contributed by atoms with E-state index in [1.54, 1.807) is 6.07 Å². The lowest BCUT2D eigenvalue weighted by molar-refractivity contribution is 0.0119. The molecule has 1 aromatic carbocycles. The van der Waals surface area contributed by atoms with Crippen molar-refractivity contribution in [2.45, 2.75) is 24.9 Å². The Bertz CT molecular complexity index is 723. The summed E-state index contributed by atoms with van der Waals surface area (Å²) in [6, 6.07) is 5.57. The minimum atomic E-state index is -2.55. The normalized spacial score (nSPS) is 24.2. The van der Waals surface area contributed by atoms with Gasteiger partial charge >= 0.3 is 0 Å². The average molecular weight is 355 g/mol. The molecule has 1 aromatic heterocycles. The zero-order chi connectivity index (χ0) is 16.7. The lowest BCUT2D eigenvalue weighted by Crippen LogP contribution is -2.49. The third-order valence-electron chi connectivity index (χ3n) is 4.62. The zero-order valence-corrected chi connectivity index (χ0v) is 13.7. The first-order chi connectivity index (χ1) is 11.5. The van der Waals surface area contributed by atoms with Crippen molar-refractivity contribution in [2.75, 3.05) is 26.2 Å². The van der Waals surface area contributed by atoms with E-state index >= 15 is 0 Å². The van der Waals surface area contributed by atoms with Crippen molar-refractivity contribution in [1.82, 2.24) is 30.4 Å². The molecule has 9 heteroatoms. The highest BCUT2D eigenvalue weighted by Gasteiger charge is 2.46. The molecule has 0 radical (unpaired) electrons. The van der Waals surface area contributed by atoms with Gasteiger partial charge in [-0.25, -0.2) is 8.78 Å². The third-order valence-corrected chi connectivity index (χ3v) is 4.84. The number of hydrogen-bond acceptors (Lipinski definition) is 5. The minimum Gasteiger partial charge on any atom is -0.296 e. The maximum Gasteiger partial charge on any atom is 0.262 e. The Labute approximate surface area is 142 Å². The number of fused-ring (bicyclic) bond motifs is 1. The summed E-state index contributed by atoms with van der Waals surface area (Å²) in [5, 5.41) is 14.5. The molecular formula is C15H17ClF2N6. The maximum absolute atomic E-state index is 13.6. The second-order valence-electron chi connectivity index (χ2n) is 6.50. The number of aromatic nitrogens is 4. The van der Waals surface area contributed by atoms with Crippen LogP contribution >= 0.6 is 11.6 Å². The molecule has 3 heterocycles. The quantitative estimate of drug-likeness (QED) is 0.914. The molecule has 2 aliphatic rings. The van der Waals surface area contributed by atoms with Crippen LogP contribution < -0.4 is 0 Å². The highest BCUT2D eigenvalue weighted by molar-refractivity contribution is 6.30. The van der Waals surface area contributed by atoms with Crippen molar-refractivity contribution in [3.63, 3.8) is 0 Å². The number of H-pyrrole nitrogens is 1. The molecule has 0 spiro atoms. The Balaban J connectivity index is 1.48. The number of rotatable bonds is 3. The van der Waals surface area contributed by atoms with Gasteiger partial charge in [-0.2, -0.15) is 5.21 Å². The van der Waals surface area contributed by atoms with Crippen molar-refractivity contribution in [1.29, 1.82) is 0 Å². The fourth-order valence-corrected chi connectivity index (χ4v) is 3.88. The summed E-state index contributed by atoms with van der Waals surface area (Å²) < 4.78 is 27.1. The van der Waals surface area contributed by atoms with Crippen molar-refractivity contribution in [2.24, 2.45) is 0 Å². The van der Waals surface area contributed by atoms with Crippen molar-refractivity contribution >= 4 is 11.6 Å². The summed E-state index contributed by atoms with van der Waals surface area (Å²) in [5.41, 5.74) is 1.80. The zero-order valence-electron chi connectivity index (χ0n) is 12.9. The average Bonchev–Trinajstić information content (AvgIpc) is 3.12. The Kier molecular flexibility index (Phi) is 3.98. The molecule has 0 unspecified atom stereocenters. The lowest BCUT2D eigenvalue weighted by atomic mass is 10.1. The first kappa shape index (κ1) is 15.9. The minimum absolute atomic E-state index is 0.0485. The van der Waals surface area contributed by atoms with E-state index in [-0.39, 0.29) is 19.0 Å². The second-order valence-corrected chi connectivity index (χ2v) is 6.94. The summed E-state index contributed by atoms with van der Waals surface area (Å²) in [7, 11) is 0. The van der Waals surface area contributed by atoms with Crippen molar-refractivity contribution in [3.8, 4) is 11.4 Å². The fourth-order valence-electron chi connectivity index (χ4n) is 3.62. The number of alkyl halides is 2. The van der Waals surface area contributed by atoms with E-state index in [1.807, 2.05) is 17.0 Å². The first-order valence-electron chi connectivity index (χ1n) is 7.86. The Morgan fingerprint density at radius 3 is 2.96 bits per heavy atom. The largest absolute Gasteiger partial charge is 0.296 e. The smallest absolute Gasteiger partial charge is 0.262 e. The van der Waals surface area contributed by atoms with Gasteiger partial charge in [0.25, 0.3) is 5.92 Å². The summed E-state index contributed by atoms with van der Waals surface area (Å²) in [5.74, 6) is -2.07. The van der Waals surface area contributed by atoms with Crippen LogP contribution in [0, 0.1) is 0 Å². The number of benzene rings is 1. The summed E-state index contributed by atoms with van der Waals surface area (Å²) in [6.45, 7) is 2.67. The number of halogens is 3. The van der Waals surface area contributed by atoms with Crippen LogP contribution in [0.3, 0.4) is 0 Å². The fraction of sp³-hybridized carbons (Fsp3) is 0.533. The van der Waals surface area contributed by atoms with Crippen LogP contribution in [-0.4, -0.2) is 68.6 Å². The van der Waals surface area contributed by atoms with Crippen LogP contribution in [0.4, 0.5) is 8.78 Å². The van der Waals surface area contributed by atoms with E-state index < -0.39 is 5.92 Å². The van der Waals surface area contributed by atoms with Crippen LogP contribution in [-0.2, 0) is 6.54 Å². The molecule has 2 fully saturated rings. The summed E-state index contributed by atoms with van der Waals surface area (Å²) in [4.78, 5) is 4.10. The predicted molar refractivity (Wildman–Crippen MR) is 84.8 cm³/mol.